The van der Waals surface area contributed by atoms with Crippen molar-refractivity contribution in [2.45, 2.75) is 87.1 Å². The van der Waals surface area contributed by atoms with E-state index in [-0.39, 0.29) is 34.8 Å². The number of amides is 1. The summed E-state index contributed by atoms with van der Waals surface area (Å²) in [6.45, 7) is 4.21. The molecule has 7 nitrogen and oxygen atoms in total. The Morgan fingerprint density at radius 2 is 1.95 bits per heavy atom. The van der Waals surface area contributed by atoms with Crippen molar-refractivity contribution >= 4 is 5.91 Å². The Labute approximate surface area is 243 Å². The van der Waals surface area contributed by atoms with Gasteiger partial charge in [-0.25, -0.2) is 0 Å². The van der Waals surface area contributed by atoms with Gasteiger partial charge >= 0.3 is 0 Å². The van der Waals surface area contributed by atoms with Gasteiger partial charge in [-0.3, -0.25) is 15.0 Å². The highest BCUT2D eigenvalue weighted by Gasteiger charge is 2.81. The monoisotopic (exact) mass is 557 g/mol. The van der Waals surface area contributed by atoms with Gasteiger partial charge in [0.15, 0.2) is 11.5 Å². The smallest absolute Gasteiger partial charge is 0.234 e. The van der Waals surface area contributed by atoms with Crippen molar-refractivity contribution in [3.63, 3.8) is 0 Å². The van der Waals surface area contributed by atoms with Crippen molar-refractivity contribution in [3.8, 4) is 11.5 Å². The van der Waals surface area contributed by atoms with Gasteiger partial charge in [0.2, 0.25) is 5.91 Å². The zero-order chi connectivity index (χ0) is 28.1. The molecule has 5 fully saturated rings. The summed E-state index contributed by atoms with van der Waals surface area (Å²) in [4.78, 5) is 15.2. The third kappa shape index (κ3) is 3.29. The van der Waals surface area contributed by atoms with E-state index in [9.17, 15) is 4.79 Å². The number of carbonyl (C=O) groups excluding carboxylic acids is 1. The molecule has 2 spiro atoms. The molecule has 2 heterocycles. The Bertz CT molecular complexity index is 1380. The van der Waals surface area contributed by atoms with Gasteiger partial charge in [-0.1, -0.05) is 36.4 Å². The number of nitrogens with two attached hydrogens (primary N) is 1. The van der Waals surface area contributed by atoms with Crippen LogP contribution in [0.5, 0.6) is 11.5 Å². The van der Waals surface area contributed by atoms with Crippen LogP contribution in [-0.2, 0) is 21.4 Å². The molecule has 4 bridgehead atoms. The van der Waals surface area contributed by atoms with E-state index in [0.717, 1.165) is 56.1 Å². The van der Waals surface area contributed by atoms with Crippen LogP contribution in [0.2, 0.25) is 0 Å². The summed E-state index contributed by atoms with van der Waals surface area (Å²) in [7, 11) is 3.64. The highest BCUT2D eigenvalue weighted by Crippen LogP contribution is 2.77. The maximum atomic E-state index is 12.4. The lowest BCUT2D eigenvalue weighted by atomic mass is 9.34. The van der Waals surface area contributed by atoms with Crippen LogP contribution in [0, 0.1) is 17.3 Å². The summed E-state index contributed by atoms with van der Waals surface area (Å²) in [6.07, 6.45) is 7.87. The summed E-state index contributed by atoms with van der Waals surface area (Å²) in [5, 5.41) is 3.70. The number of primary amides is 1. The molecule has 2 aliphatic heterocycles. The fraction of sp³-hybridized carbons (Fsp3) is 0.618. The number of rotatable bonds is 9. The van der Waals surface area contributed by atoms with Gasteiger partial charge in [0.05, 0.1) is 13.2 Å². The minimum absolute atomic E-state index is 0.0606. The van der Waals surface area contributed by atoms with Crippen molar-refractivity contribution in [3.05, 3.63) is 59.2 Å². The zero-order valence-electron chi connectivity index (χ0n) is 24.5. The minimum Gasteiger partial charge on any atom is -0.493 e. The molecule has 8 atom stereocenters. The van der Waals surface area contributed by atoms with Gasteiger partial charge in [-0.15, -0.1) is 0 Å². The van der Waals surface area contributed by atoms with Crippen LogP contribution >= 0.6 is 0 Å². The molecule has 0 aromatic heterocycles. The SMILES string of the molecule is COc1ccc2c3c1O[C@@H]1[C@]34CCN(CC3CC3)[C@H](C2)[C@]42CC[C@@]1(OC)C(C(NC(C)C(N)=O)c1ccccc1)C2. The molecule has 1 amide bonds. The summed E-state index contributed by atoms with van der Waals surface area (Å²) < 4.78 is 20.0. The van der Waals surface area contributed by atoms with Crippen molar-refractivity contribution in [2.24, 2.45) is 23.0 Å². The second-order valence-corrected chi connectivity index (χ2v) is 13.8. The molecule has 41 heavy (non-hydrogen) atoms. The molecular formula is C34H43N3O4. The van der Waals surface area contributed by atoms with Crippen LogP contribution in [-0.4, -0.2) is 61.9 Å². The number of methoxy groups -OCH3 is 2. The molecule has 3 unspecified atom stereocenters. The van der Waals surface area contributed by atoms with E-state index >= 15 is 0 Å². The van der Waals surface area contributed by atoms with Crippen LogP contribution in [0.25, 0.3) is 0 Å². The molecule has 2 aromatic rings. The lowest BCUT2D eigenvalue weighted by Crippen LogP contribution is -2.81. The topological polar surface area (TPSA) is 86.1 Å². The molecule has 7 heteroatoms. The van der Waals surface area contributed by atoms with Crippen molar-refractivity contribution in [1.82, 2.24) is 10.2 Å². The van der Waals surface area contributed by atoms with Crippen LogP contribution in [0.3, 0.4) is 0 Å². The predicted molar refractivity (Wildman–Crippen MR) is 156 cm³/mol. The Morgan fingerprint density at radius 1 is 1.15 bits per heavy atom. The van der Waals surface area contributed by atoms with E-state index in [1.165, 1.54) is 36.1 Å². The molecular weight excluding hydrogens is 514 g/mol. The molecule has 1 saturated heterocycles. The Kier molecular flexibility index (Phi) is 5.68. The van der Waals surface area contributed by atoms with Crippen molar-refractivity contribution in [2.75, 3.05) is 27.3 Å². The summed E-state index contributed by atoms with van der Waals surface area (Å²) >= 11 is 0. The van der Waals surface area contributed by atoms with E-state index in [4.69, 9.17) is 19.9 Å². The molecule has 4 saturated carbocycles. The number of hydrogen-bond acceptors (Lipinski definition) is 6. The number of ether oxygens (including phenoxy) is 3. The maximum absolute atomic E-state index is 12.4. The maximum Gasteiger partial charge on any atom is 0.234 e. The number of piperidine rings is 1. The third-order valence-corrected chi connectivity index (χ3v) is 12.3. The van der Waals surface area contributed by atoms with E-state index < -0.39 is 11.6 Å². The van der Waals surface area contributed by atoms with Gasteiger partial charge in [-0.2, -0.15) is 0 Å². The second-order valence-electron chi connectivity index (χ2n) is 13.8. The van der Waals surface area contributed by atoms with Crippen molar-refractivity contribution in [1.29, 1.82) is 0 Å². The van der Waals surface area contributed by atoms with Crippen LogP contribution in [0.4, 0.5) is 0 Å². The molecule has 0 radical (unpaired) electrons. The molecule has 3 N–H and O–H groups in total. The number of hydrogen-bond donors (Lipinski definition) is 2. The van der Waals surface area contributed by atoms with Gasteiger partial charge in [0, 0.05) is 48.0 Å². The Morgan fingerprint density at radius 3 is 2.66 bits per heavy atom. The average Bonchev–Trinajstić information content (AvgIpc) is 3.74. The van der Waals surface area contributed by atoms with Gasteiger partial charge in [0.25, 0.3) is 0 Å². The zero-order valence-corrected chi connectivity index (χ0v) is 24.5. The number of likely N-dealkylation sites (tertiary alicyclic amines) is 1. The number of carbonyl (C=O) groups is 1. The first-order chi connectivity index (χ1) is 19.9. The molecule has 5 aliphatic carbocycles. The number of benzene rings is 2. The fourth-order valence-corrected chi connectivity index (χ4v) is 10.5. The normalized spacial score (nSPS) is 37.7. The number of nitrogens with one attached hydrogen (secondary N) is 1. The summed E-state index contributed by atoms with van der Waals surface area (Å²) in [5.41, 5.74) is 9.30. The standard InChI is InChI=1S/C34H43N3O4/c1-20(30(35)38)36-28(22-7-5-4-6-8-22)24-18-32-13-14-34(24,40-3)31-33(32)15-16-37(19-21-9-10-21)26(32)17-23-11-12-25(39-2)29(41-31)27(23)33/h4-8,11-12,20-21,24,26,28,31,36H,9-10,13-19H2,1-3H3,(H2,35,38)/t20?,24?,26-,28?,31-,32-,33+,34-/m1/s1. The Hall–Kier alpha value is -2.61. The highest BCUT2D eigenvalue weighted by molar-refractivity contribution is 5.79. The lowest BCUT2D eigenvalue weighted by molar-refractivity contribution is -0.282. The van der Waals surface area contributed by atoms with E-state index in [1.807, 2.05) is 14.0 Å². The first-order valence-corrected chi connectivity index (χ1v) is 15.6. The first-order valence-electron chi connectivity index (χ1n) is 15.6. The quantitative estimate of drug-likeness (QED) is 0.483. The average molecular weight is 558 g/mol. The largest absolute Gasteiger partial charge is 0.493 e. The highest BCUT2D eigenvalue weighted by atomic mass is 16.6. The fourth-order valence-electron chi connectivity index (χ4n) is 10.5. The number of nitrogens with zero attached hydrogens (tertiary/aromatic N) is 1. The lowest BCUT2D eigenvalue weighted by Gasteiger charge is -2.74. The van der Waals surface area contributed by atoms with E-state index in [1.54, 1.807) is 7.11 Å². The number of fused-ring (bicyclic) bond motifs is 2. The second kappa shape index (κ2) is 8.95. The van der Waals surface area contributed by atoms with Crippen molar-refractivity contribution < 1.29 is 19.0 Å². The van der Waals surface area contributed by atoms with Crippen LogP contribution in [0.1, 0.15) is 68.2 Å². The summed E-state index contributed by atoms with van der Waals surface area (Å²) in [5.74, 6) is 2.40. The molecule has 7 aliphatic rings. The first kappa shape index (κ1) is 26.1. The van der Waals surface area contributed by atoms with Crippen LogP contribution < -0.4 is 20.5 Å². The van der Waals surface area contributed by atoms with Gasteiger partial charge < -0.3 is 19.9 Å². The van der Waals surface area contributed by atoms with Crippen LogP contribution in [0.15, 0.2) is 42.5 Å². The third-order valence-electron chi connectivity index (χ3n) is 12.3. The van der Waals surface area contributed by atoms with Gasteiger partial charge in [-0.05, 0) is 81.5 Å². The Balaban J connectivity index is 1.33. The molecule has 218 valence electrons. The van der Waals surface area contributed by atoms with E-state index in [2.05, 4.69) is 52.7 Å². The minimum atomic E-state index is -0.519. The van der Waals surface area contributed by atoms with Gasteiger partial charge in [0.1, 0.15) is 11.7 Å². The van der Waals surface area contributed by atoms with E-state index in [0.29, 0.717) is 6.04 Å². The molecule has 2 aromatic carbocycles. The molecule has 9 rings (SSSR count). The predicted octanol–water partition coefficient (Wildman–Crippen LogP) is 4.12. The summed E-state index contributed by atoms with van der Waals surface area (Å²) in [6, 6.07) is 14.9.